The molecule has 2 rings (SSSR count). The van der Waals surface area contributed by atoms with Gasteiger partial charge in [-0.3, -0.25) is 0 Å². The molecule has 0 amide bonds. The zero-order valence-corrected chi connectivity index (χ0v) is 13.8. The van der Waals surface area contributed by atoms with Gasteiger partial charge >= 0.3 is 0 Å². The van der Waals surface area contributed by atoms with Gasteiger partial charge in [-0.05, 0) is 24.1 Å². The minimum atomic E-state index is -3.57. The van der Waals surface area contributed by atoms with Crippen molar-refractivity contribution < 1.29 is 8.42 Å². The monoisotopic (exact) mass is 327 g/mol. The SMILES string of the molecule is Cc1c(CCl)cccc1S(=O)(=O)N(C)Cc1nccn1C. The Labute approximate surface area is 130 Å². The van der Waals surface area contributed by atoms with E-state index in [1.807, 2.05) is 13.1 Å². The molecular weight excluding hydrogens is 310 g/mol. The quantitative estimate of drug-likeness (QED) is 0.792. The number of sulfonamides is 1. The number of imidazole rings is 1. The highest BCUT2D eigenvalue weighted by molar-refractivity contribution is 7.89. The van der Waals surface area contributed by atoms with Crippen LogP contribution in [0.25, 0.3) is 0 Å². The van der Waals surface area contributed by atoms with Crippen LogP contribution in [-0.4, -0.2) is 29.3 Å². The van der Waals surface area contributed by atoms with Gasteiger partial charge in [0.05, 0.1) is 11.4 Å². The molecule has 0 atom stereocenters. The van der Waals surface area contributed by atoms with Gasteiger partial charge < -0.3 is 4.57 Å². The maximum atomic E-state index is 12.7. The average Bonchev–Trinajstić information content (AvgIpc) is 2.84. The molecule has 5 nitrogen and oxygen atoms in total. The van der Waals surface area contributed by atoms with E-state index in [1.54, 1.807) is 43.1 Å². The van der Waals surface area contributed by atoms with Gasteiger partial charge in [0.2, 0.25) is 10.0 Å². The average molecular weight is 328 g/mol. The van der Waals surface area contributed by atoms with Crippen molar-refractivity contribution in [3.8, 4) is 0 Å². The summed E-state index contributed by atoms with van der Waals surface area (Å²) >= 11 is 5.85. The summed E-state index contributed by atoms with van der Waals surface area (Å²) < 4.78 is 28.5. The van der Waals surface area contributed by atoms with Crippen molar-refractivity contribution in [3.05, 3.63) is 47.5 Å². The largest absolute Gasteiger partial charge is 0.337 e. The van der Waals surface area contributed by atoms with Gasteiger partial charge in [0, 0.05) is 32.4 Å². The highest BCUT2D eigenvalue weighted by atomic mass is 35.5. The van der Waals surface area contributed by atoms with E-state index in [4.69, 9.17) is 11.6 Å². The molecule has 0 fully saturated rings. The molecule has 1 aromatic carbocycles. The van der Waals surface area contributed by atoms with E-state index in [-0.39, 0.29) is 17.3 Å². The Morgan fingerprint density at radius 1 is 1.38 bits per heavy atom. The van der Waals surface area contributed by atoms with Gasteiger partial charge in [-0.25, -0.2) is 13.4 Å². The Morgan fingerprint density at radius 3 is 2.67 bits per heavy atom. The first-order valence-corrected chi connectivity index (χ1v) is 8.42. The lowest BCUT2D eigenvalue weighted by Gasteiger charge is -2.19. The Bertz CT molecular complexity index is 740. The summed E-state index contributed by atoms with van der Waals surface area (Å²) in [4.78, 5) is 4.44. The molecule has 0 aliphatic carbocycles. The molecule has 0 bridgehead atoms. The lowest BCUT2D eigenvalue weighted by molar-refractivity contribution is 0.451. The fourth-order valence-electron chi connectivity index (χ4n) is 2.08. The molecule has 0 aliphatic heterocycles. The molecule has 2 aromatic rings. The fourth-order valence-corrected chi connectivity index (χ4v) is 3.76. The van der Waals surface area contributed by atoms with Gasteiger partial charge in [0.25, 0.3) is 0 Å². The summed E-state index contributed by atoms with van der Waals surface area (Å²) in [5.41, 5.74) is 1.52. The van der Waals surface area contributed by atoms with Crippen molar-refractivity contribution in [2.45, 2.75) is 24.2 Å². The Hall–Kier alpha value is -1.37. The third kappa shape index (κ3) is 3.12. The second-order valence-corrected chi connectivity index (χ2v) is 7.17. The normalized spacial score (nSPS) is 12.0. The molecule has 0 saturated carbocycles. The second kappa shape index (κ2) is 6.17. The molecule has 0 aliphatic rings. The molecule has 0 radical (unpaired) electrons. The number of alkyl halides is 1. The smallest absolute Gasteiger partial charge is 0.243 e. The molecule has 7 heteroatoms. The van der Waals surface area contributed by atoms with Crippen LogP contribution in [0.15, 0.2) is 35.5 Å². The van der Waals surface area contributed by atoms with Crippen LogP contribution in [0.1, 0.15) is 17.0 Å². The predicted molar refractivity (Wildman–Crippen MR) is 82.6 cm³/mol. The van der Waals surface area contributed by atoms with Crippen LogP contribution in [0.4, 0.5) is 0 Å². The fraction of sp³-hybridized carbons (Fsp3) is 0.357. The van der Waals surface area contributed by atoms with Crippen molar-refractivity contribution in [1.82, 2.24) is 13.9 Å². The van der Waals surface area contributed by atoms with E-state index >= 15 is 0 Å². The molecule has 1 heterocycles. The van der Waals surface area contributed by atoms with E-state index < -0.39 is 10.0 Å². The van der Waals surface area contributed by atoms with E-state index in [9.17, 15) is 8.42 Å². The number of hydrogen-bond acceptors (Lipinski definition) is 3. The summed E-state index contributed by atoms with van der Waals surface area (Å²) in [6.45, 7) is 2.00. The molecule has 1 aromatic heterocycles. The highest BCUT2D eigenvalue weighted by Gasteiger charge is 2.24. The first kappa shape index (κ1) is 16.0. The van der Waals surface area contributed by atoms with Gasteiger partial charge in [0.15, 0.2) is 0 Å². The molecular formula is C14H18ClN3O2S. The summed E-state index contributed by atoms with van der Waals surface area (Å²) in [6.07, 6.45) is 3.43. The van der Waals surface area contributed by atoms with E-state index in [2.05, 4.69) is 4.98 Å². The Kier molecular flexibility index (Phi) is 4.70. The number of rotatable bonds is 5. The molecule has 0 unspecified atom stereocenters. The number of hydrogen-bond donors (Lipinski definition) is 0. The lowest BCUT2D eigenvalue weighted by Crippen LogP contribution is -2.28. The predicted octanol–water partition coefficient (Wildman–Crippen LogP) is 2.29. The molecule has 0 N–H and O–H groups in total. The maximum Gasteiger partial charge on any atom is 0.243 e. The third-order valence-corrected chi connectivity index (χ3v) is 5.75. The van der Waals surface area contributed by atoms with Crippen molar-refractivity contribution in [2.75, 3.05) is 7.05 Å². The van der Waals surface area contributed by atoms with Crippen LogP contribution in [0, 0.1) is 6.92 Å². The Morgan fingerprint density at radius 2 is 2.10 bits per heavy atom. The summed E-state index contributed by atoms with van der Waals surface area (Å²) in [5, 5.41) is 0. The van der Waals surface area contributed by atoms with Crippen LogP contribution in [0.2, 0.25) is 0 Å². The van der Waals surface area contributed by atoms with Crippen LogP contribution in [0.3, 0.4) is 0 Å². The van der Waals surface area contributed by atoms with Crippen LogP contribution >= 0.6 is 11.6 Å². The number of benzene rings is 1. The lowest BCUT2D eigenvalue weighted by atomic mass is 10.1. The highest BCUT2D eigenvalue weighted by Crippen LogP contribution is 2.23. The Balaban J connectivity index is 2.36. The first-order valence-electron chi connectivity index (χ1n) is 6.45. The molecule has 0 spiro atoms. The van der Waals surface area contributed by atoms with Crippen molar-refractivity contribution in [3.63, 3.8) is 0 Å². The topological polar surface area (TPSA) is 55.2 Å². The number of nitrogens with zero attached hydrogens (tertiary/aromatic N) is 3. The zero-order chi connectivity index (χ0) is 15.6. The van der Waals surface area contributed by atoms with Gasteiger partial charge in [-0.2, -0.15) is 4.31 Å². The number of aromatic nitrogens is 2. The third-order valence-electron chi connectivity index (χ3n) is 3.51. The van der Waals surface area contributed by atoms with Crippen LogP contribution in [0.5, 0.6) is 0 Å². The van der Waals surface area contributed by atoms with Crippen LogP contribution in [-0.2, 0) is 29.5 Å². The molecule has 114 valence electrons. The van der Waals surface area contributed by atoms with Crippen molar-refractivity contribution >= 4 is 21.6 Å². The van der Waals surface area contributed by atoms with Crippen LogP contribution < -0.4 is 0 Å². The van der Waals surface area contributed by atoms with E-state index in [0.717, 1.165) is 5.56 Å². The van der Waals surface area contributed by atoms with Crippen molar-refractivity contribution in [2.24, 2.45) is 7.05 Å². The molecule has 21 heavy (non-hydrogen) atoms. The minimum Gasteiger partial charge on any atom is -0.337 e. The van der Waals surface area contributed by atoms with Gasteiger partial charge in [0.1, 0.15) is 5.82 Å². The number of aryl methyl sites for hydroxylation is 1. The van der Waals surface area contributed by atoms with E-state index in [0.29, 0.717) is 11.4 Å². The van der Waals surface area contributed by atoms with Gasteiger partial charge in [-0.15, -0.1) is 11.6 Å². The van der Waals surface area contributed by atoms with Crippen molar-refractivity contribution in [1.29, 1.82) is 0 Å². The first-order chi connectivity index (χ1) is 9.87. The van der Waals surface area contributed by atoms with E-state index in [1.165, 1.54) is 4.31 Å². The summed E-state index contributed by atoms with van der Waals surface area (Å²) in [6, 6.07) is 5.15. The summed E-state index contributed by atoms with van der Waals surface area (Å²) in [7, 11) is -0.186. The van der Waals surface area contributed by atoms with Gasteiger partial charge in [-0.1, -0.05) is 12.1 Å². The number of halogens is 1. The standard InChI is InChI=1S/C14H18ClN3O2S/c1-11-12(9-15)5-4-6-13(11)21(19,20)18(3)10-14-16-7-8-17(14)2/h4-8H,9-10H2,1-3H3. The summed E-state index contributed by atoms with van der Waals surface area (Å²) in [5.74, 6) is 0.977. The second-order valence-electron chi connectivity index (χ2n) is 4.89. The minimum absolute atomic E-state index is 0.219. The molecule has 0 saturated heterocycles. The maximum absolute atomic E-state index is 12.7. The zero-order valence-electron chi connectivity index (χ0n) is 12.2.